The van der Waals surface area contributed by atoms with Crippen molar-refractivity contribution >= 4 is 5.91 Å². The summed E-state index contributed by atoms with van der Waals surface area (Å²) in [6.45, 7) is 4.09. The molecular weight excluding hydrogens is 262 g/mol. The molecule has 110 valence electrons. The summed E-state index contributed by atoms with van der Waals surface area (Å²) in [7, 11) is 0. The molecule has 1 aromatic carbocycles. The Morgan fingerprint density at radius 3 is 2.90 bits per heavy atom. The second-order valence-electron chi connectivity index (χ2n) is 5.12. The molecule has 0 aliphatic carbocycles. The van der Waals surface area contributed by atoms with Crippen LogP contribution in [0.25, 0.3) is 0 Å². The Bertz CT molecular complexity index is 473. The number of benzene rings is 1. The Morgan fingerprint density at radius 1 is 1.45 bits per heavy atom. The van der Waals surface area contributed by atoms with Crippen LogP contribution in [0, 0.1) is 11.6 Å². The molecule has 1 unspecified atom stereocenters. The Hall–Kier alpha value is -1.49. The van der Waals surface area contributed by atoms with E-state index in [4.69, 9.17) is 0 Å². The lowest BCUT2D eigenvalue weighted by Gasteiger charge is -2.24. The molecule has 1 aromatic rings. The van der Waals surface area contributed by atoms with Crippen LogP contribution in [0.15, 0.2) is 18.2 Å². The Balaban J connectivity index is 1.99. The number of hydrogen-bond acceptors (Lipinski definition) is 2. The van der Waals surface area contributed by atoms with Gasteiger partial charge < -0.3 is 10.2 Å². The molecule has 1 amide bonds. The molecule has 1 fully saturated rings. The zero-order valence-electron chi connectivity index (χ0n) is 11.7. The summed E-state index contributed by atoms with van der Waals surface area (Å²) in [4.78, 5) is 13.9. The van der Waals surface area contributed by atoms with E-state index in [1.165, 1.54) is 12.1 Å². The third-order valence-corrected chi connectivity index (χ3v) is 3.71. The molecule has 1 heterocycles. The number of hydrogen-bond donors (Lipinski definition) is 1. The average molecular weight is 282 g/mol. The van der Waals surface area contributed by atoms with Crippen molar-refractivity contribution in [1.82, 2.24) is 10.2 Å². The van der Waals surface area contributed by atoms with E-state index in [-0.39, 0.29) is 17.9 Å². The van der Waals surface area contributed by atoms with Crippen molar-refractivity contribution in [2.75, 3.05) is 19.6 Å². The molecule has 2 rings (SSSR count). The van der Waals surface area contributed by atoms with Gasteiger partial charge in [-0.25, -0.2) is 8.78 Å². The van der Waals surface area contributed by atoms with Crippen LogP contribution in [-0.4, -0.2) is 36.5 Å². The van der Waals surface area contributed by atoms with Gasteiger partial charge in [0.25, 0.3) is 0 Å². The third kappa shape index (κ3) is 3.54. The molecule has 1 atom stereocenters. The highest BCUT2D eigenvalue weighted by Gasteiger charge is 2.21. The number of carbonyl (C=O) groups excluding carboxylic acids is 1. The largest absolute Gasteiger partial charge is 0.341 e. The van der Waals surface area contributed by atoms with Gasteiger partial charge in [0.1, 0.15) is 0 Å². The number of halogens is 2. The maximum atomic E-state index is 13.6. The number of rotatable bonds is 5. The molecule has 1 N–H and O–H groups in total. The number of amides is 1. The highest BCUT2D eigenvalue weighted by atomic mass is 19.2. The SMILES string of the molecule is CCN(CC1CCCN1)C(=O)Cc1cccc(F)c1F. The predicted octanol–water partition coefficient (Wildman–Crippen LogP) is 2.11. The third-order valence-electron chi connectivity index (χ3n) is 3.71. The lowest BCUT2D eigenvalue weighted by molar-refractivity contribution is -0.130. The van der Waals surface area contributed by atoms with Gasteiger partial charge in [-0.15, -0.1) is 0 Å². The first-order valence-electron chi connectivity index (χ1n) is 7.06. The molecular formula is C15H20F2N2O. The summed E-state index contributed by atoms with van der Waals surface area (Å²) in [5.74, 6) is -1.99. The van der Waals surface area contributed by atoms with Gasteiger partial charge >= 0.3 is 0 Å². The van der Waals surface area contributed by atoms with E-state index in [2.05, 4.69) is 5.32 Å². The van der Waals surface area contributed by atoms with Crippen LogP contribution in [0.4, 0.5) is 8.78 Å². The lowest BCUT2D eigenvalue weighted by atomic mass is 10.1. The zero-order valence-corrected chi connectivity index (χ0v) is 11.7. The van der Waals surface area contributed by atoms with Gasteiger partial charge in [-0.2, -0.15) is 0 Å². The number of likely N-dealkylation sites (N-methyl/N-ethyl adjacent to an activating group) is 1. The molecule has 20 heavy (non-hydrogen) atoms. The van der Waals surface area contributed by atoms with E-state index >= 15 is 0 Å². The van der Waals surface area contributed by atoms with Gasteiger partial charge in [0, 0.05) is 24.7 Å². The Morgan fingerprint density at radius 2 is 2.25 bits per heavy atom. The van der Waals surface area contributed by atoms with Crippen molar-refractivity contribution in [2.45, 2.75) is 32.2 Å². The topological polar surface area (TPSA) is 32.3 Å². The molecule has 1 aliphatic heterocycles. The Kier molecular flexibility index (Phi) is 5.06. The van der Waals surface area contributed by atoms with Gasteiger partial charge in [0.2, 0.25) is 5.91 Å². The fourth-order valence-electron chi connectivity index (χ4n) is 2.55. The zero-order chi connectivity index (χ0) is 14.5. The lowest BCUT2D eigenvalue weighted by Crippen LogP contribution is -2.41. The van der Waals surface area contributed by atoms with E-state index in [0.717, 1.165) is 25.5 Å². The van der Waals surface area contributed by atoms with Crippen LogP contribution in [0.3, 0.4) is 0 Å². The Labute approximate surface area is 118 Å². The standard InChI is InChI=1S/C15H20F2N2O/c1-2-19(10-12-6-4-8-18-12)14(20)9-11-5-3-7-13(16)15(11)17/h3,5,7,12,18H,2,4,6,8-10H2,1H3. The minimum atomic E-state index is -0.920. The van der Waals surface area contributed by atoms with Crippen LogP contribution in [0.2, 0.25) is 0 Å². The number of nitrogens with one attached hydrogen (secondary N) is 1. The first-order valence-corrected chi connectivity index (χ1v) is 7.06. The van der Waals surface area contributed by atoms with E-state index in [9.17, 15) is 13.6 Å². The van der Waals surface area contributed by atoms with Crippen molar-refractivity contribution in [1.29, 1.82) is 0 Å². The van der Waals surface area contributed by atoms with Crippen molar-refractivity contribution in [2.24, 2.45) is 0 Å². The fourth-order valence-corrected chi connectivity index (χ4v) is 2.55. The van der Waals surface area contributed by atoms with Gasteiger partial charge in [-0.05, 0) is 32.4 Å². The summed E-state index contributed by atoms with van der Waals surface area (Å²) in [5.41, 5.74) is 0.118. The summed E-state index contributed by atoms with van der Waals surface area (Å²) in [6.07, 6.45) is 2.08. The number of carbonyl (C=O) groups is 1. The van der Waals surface area contributed by atoms with Gasteiger partial charge in [-0.1, -0.05) is 12.1 Å². The highest BCUT2D eigenvalue weighted by molar-refractivity contribution is 5.78. The number of nitrogens with zero attached hydrogens (tertiary/aromatic N) is 1. The molecule has 0 bridgehead atoms. The summed E-state index contributed by atoms with van der Waals surface area (Å²) < 4.78 is 26.7. The smallest absolute Gasteiger partial charge is 0.227 e. The van der Waals surface area contributed by atoms with E-state index in [0.29, 0.717) is 19.1 Å². The van der Waals surface area contributed by atoms with Crippen LogP contribution in [0.1, 0.15) is 25.3 Å². The fraction of sp³-hybridized carbons (Fsp3) is 0.533. The predicted molar refractivity (Wildman–Crippen MR) is 73.3 cm³/mol. The second kappa shape index (κ2) is 6.79. The summed E-state index contributed by atoms with van der Waals surface area (Å²) >= 11 is 0. The highest BCUT2D eigenvalue weighted by Crippen LogP contribution is 2.14. The second-order valence-corrected chi connectivity index (χ2v) is 5.12. The maximum Gasteiger partial charge on any atom is 0.227 e. The molecule has 5 heteroatoms. The first-order chi connectivity index (χ1) is 9.61. The quantitative estimate of drug-likeness (QED) is 0.897. The molecule has 3 nitrogen and oxygen atoms in total. The van der Waals surface area contributed by atoms with Gasteiger partial charge in [-0.3, -0.25) is 4.79 Å². The van der Waals surface area contributed by atoms with E-state index < -0.39 is 11.6 Å². The van der Waals surface area contributed by atoms with Crippen LogP contribution in [-0.2, 0) is 11.2 Å². The average Bonchev–Trinajstić information content (AvgIpc) is 2.94. The maximum absolute atomic E-state index is 13.6. The molecule has 0 aromatic heterocycles. The van der Waals surface area contributed by atoms with Crippen molar-refractivity contribution in [3.05, 3.63) is 35.4 Å². The normalized spacial score (nSPS) is 18.2. The van der Waals surface area contributed by atoms with E-state index in [1.54, 1.807) is 4.90 Å². The molecule has 1 saturated heterocycles. The van der Waals surface area contributed by atoms with Gasteiger partial charge in [0.15, 0.2) is 11.6 Å². The minimum Gasteiger partial charge on any atom is -0.341 e. The summed E-state index contributed by atoms with van der Waals surface area (Å²) in [5, 5.41) is 3.33. The van der Waals surface area contributed by atoms with E-state index in [1.807, 2.05) is 6.92 Å². The molecule has 0 saturated carbocycles. The van der Waals surface area contributed by atoms with Crippen molar-refractivity contribution in [3.8, 4) is 0 Å². The summed E-state index contributed by atoms with van der Waals surface area (Å²) in [6, 6.07) is 4.26. The van der Waals surface area contributed by atoms with Crippen molar-refractivity contribution in [3.63, 3.8) is 0 Å². The van der Waals surface area contributed by atoms with Crippen LogP contribution in [0.5, 0.6) is 0 Å². The van der Waals surface area contributed by atoms with Gasteiger partial charge in [0.05, 0.1) is 6.42 Å². The minimum absolute atomic E-state index is 0.0931. The molecule has 0 spiro atoms. The molecule has 0 radical (unpaired) electrons. The first kappa shape index (κ1) is 14.9. The van der Waals surface area contributed by atoms with Crippen molar-refractivity contribution < 1.29 is 13.6 Å². The van der Waals surface area contributed by atoms with Crippen LogP contribution < -0.4 is 5.32 Å². The molecule has 1 aliphatic rings. The van der Waals surface area contributed by atoms with Crippen LogP contribution >= 0.6 is 0 Å². The monoisotopic (exact) mass is 282 g/mol.